The molecule has 0 aliphatic carbocycles. The van der Waals surface area contributed by atoms with Gasteiger partial charge >= 0.3 is 0 Å². The molecular formula is C19H21N3O2. The highest BCUT2D eigenvalue weighted by molar-refractivity contribution is 5.93. The van der Waals surface area contributed by atoms with Crippen molar-refractivity contribution < 1.29 is 9.59 Å². The molecule has 0 aliphatic heterocycles. The van der Waals surface area contributed by atoms with E-state index in [1.165, 1.54) is 12.3 Å². The summed E-state index contributed by atoms with van der Waals surface area (Å²) in [6.45, 7) is 3.01. The van der Waals surface area contributed by atoms with Crippen LogP contribution in [0, 0.1) is 6.92 Å². The van der Waals surface area contributed by atoms with Gasteiger partial charge in [-0.15, -0.1) is 0 Å². The summed E-state index contributed by atoms with van der Waals surface area (Å²) in [4.78, 5) is 27.4. The number of pyridine rings is 1. The third-order valence-corrected chi connectivity index (χ3v) is 3.33. The molecule has 1 aromatic carbocycles. The molecule has 124 valence electrons. The van der Waals surface area contributed by atoms with Crippen molar-refractivity contribution in [2.45, 2.75) is 13.3 Å². The van der Waals surface area contributed by atoms with Gasteiger partial charge in [0.05, 0.1) is 5.56 Å². The minimum absolute atomic E-state index is 0.143. The number of hydrogen-bond acceptors (Lipinski definition) is 3. The molecule has 0 saturated carbocycles. The average molecular weight is 323 g/mol. The molecule has 0 atom stereocenters. The Morgan fingerprint density at radius 1 is 1.12 bits per heavy atom. The zero-order valence-corrected chi connectivity index (χ0v) is 13.7. The normalized spacial score (nSPS) is 10.5. The number of carbonyl (C=O) groups is 2. The van der Waals surface area contributed by atoms with Crippen LogP contribution in [0.5, 0.6) is 0 Å². The minimum Gasteiger partial charge on any atom is -0.352 e. The predicted octanol–water partition coefficient (Wildman–Crippen LogP) is 2.34. The second-order valence-electron chi connectivity index (χ2n) is 5.39. The summed E-state index contributed by atoms with van der Waals surface area (Å²) in [5.41, 5.74) is 2.68. The van der Waals surface area contributed by atoms with E-state index >= 15 is 0 Å². The van der Waals surface area contributed by atoms with Crippen molar-refractivity contribution in [1.82, 2.24) is 15.6 Å². The van der Waals surface area contributed by atoms with E-state index in [2.05, 4.69) is 15.6 Å². The van der Waals surface area contributed by atoms with Gasteiger partial charge in [0.2, 0.25) is 5.91 Å². The van der Waals surface area contributed by atoms with E-state index in [4.69, 9.17) is 0 Å². The number of rotatable bonds is 7. The van der Waals surface area contributed by atoms with E-state index in [0.29, 0.717) is 25.1 Å². The summed E-state index contributed by atoms with van der Waals surface area (Å²) in [6.07, 6.45) is 7.11. The Morgan fingerprint density at radius 3 is 2.71 bits per heavy atom. The van der Waals surface area contributed by atoms with Crippen molar-refractivity contribution >= 4 is 17.9 Å². The van der Waals surface area contributed by atoms with Crippen molar-refractivity contribution in [2.75, 3.05) is 13.1 Å². The Hall–Kier alpha value is -2.95. The monoisotopic (exact) mass is 323 g/mol. The standard InChI is InChI=1S/C19H21N3O2/c1-15-5-2-6-16(13-15)8-9-18(23)21-11-4-12-22-19(24)17-7-3-10-20-14-17/h2-3,5-10,13-14H,4,11-12H2,1H3,(H,21,23)(H,22,24)/b9-8+. The summed E-state index contributed by atoms with van der Waals surface area (Å²) in [5.74, 6) is -0.302. The maximum atomic E-state index is 11.8. The third kappa shape index (κ3) is 6.04. The van der Waals surface area contributed by atoms with Crippen molar-refractivity contribution in [3.63, 3.8) is 0 Å². The molecule has 0 bridgehead atoms. The van der Waals surface area contributed by atoms with Crippen LogP contribution in [0.3, 0.4) is 0 Å². The maximum absolute atomic E-state index is 11.8. The number of nitrogens with one attached hydrogen (secondary N) is 2. The Balaban J connectivity index is 1.63. The predicted molar refractivity (Wildman–Crippen MR) is 94.4 cm³/mol. The lowest BCUT2D eigenvalue weighted by Crippen LogP contribution is -2.29. The molecule has 5 nitrogen and oxygen atoms in total. The molecule has 2 amide bonds. The first-order valence-electron chi connectivity index (χ1n) is 7.86. The summed E-state index contributed by atoms with van der Waals surface area (Å²) in [6, 6.07) is 11.4. The fourth-order valence-electron chi connectivity index (χ4n) is 2.11. The number of amides is 2. The molecule has 0 radical (unpaired) electrons. The highest BCUT2D eigenvalue weighted by Gasteiger charge is 2.03. The summed E-state index contributed by atoms with van der Waals surface area (Å²) < 4.78 is 0. The largest absolute Gasteiger partial charge is 0.352 e. The van der Waals surface area contributed by atoms with Gasteiger partial charge in [0.25, 0.3) is 5.91 Å². The van der Waals surface area contributed by atoms with Crippen LogP contribution in [-0.4, -0.2) is 29.9 Å². The Bertz CT molecular complexity index is 712. The highest BCUT2D eigenvalue weighted by atomic mass is 16.2. The van der Waals surface area contributed by atoms with Gasteiger partial charge < -0.3 is 10.6 Å². The fraction of sp³-hybridized carbons (Fsp3) is 0.211. The topological polar surface area (TPSA) is 71.1 Å². The van der Waals surface area contributed by atoms with E-state index in [0.717, 1.165) is 11.1 Å². The molecule has 1 heterocycles. The van der Waals surface area contributed by atoms with E-state index in [1.54, 1.807) is 24.4 Å². The van der Waals surface area contributed by atoms with Crippen LogP contribution in [0.2, 0.25) is 0 Å². The first kappa shape index (κ1) is 17.4. The molecule has 0 fully saturated rings. The van der Waals surface area contributed by atoms with E-state index < -0.39 is 0 Å². The van der Waals surface area contributed by atoms with Gasteiger partial charge in [-0.2, -0.15) is 0 Å². The summed E-state index contributed by atoms with van der Waals surface area (Å²) in [5, 5.41) is 5.58. The second-order valence-corrected chi connectivity index (χ2v) is 5.39. The van der Waals surface area contributed by atoms with E-state index in [1.807, 2.05) is 31.2 Å². The first-order chi connectivity index (χ1) is 11.6. The molecule has 1 aromatic heterocycles. The molecule has 2 rings (SSSR count). The van der Waals surface area contributed by atoms with Crippen LogP contribution in [0.25, 0.3) is 6.08 Å². The Labute approximate surface area is 141 Å². The Kier molecular flexibility index (Phi) is 6.71. The van der Waals surface area contributed by atoms with Gasteiger partial charge in [-0.05, 0) is 37.1 Å². The number of aromatic nitrogens is 1. The lowest BCUT2D eigenvalue weighted by atomic mass is 10.1. The van der Waals surface area contributed by atoms with E-state index in [-0.39, 0.29) is 11.8 Å². The zero-order valence-electron chi connectivity index (χ0n) is 13.7. The summed E-state index contributed by atoms with van der Waals surface area (Å²) in [7, 11) is 0. The van der Waals surface area contributed by atoms with Gasteiger partial charge in [0.15, 0.2) is 0 Å². The number of hydrogen-bond donors (Lipinski definition) is 2. The molecular weight excluding hydrogens is 302 g/mol. The van der Waals surface area contributed by atoms with Crippen LogP contribution in [0.1, 0.15) is 27.9 Å². The van der Waals surface area contributed by atoms with Crippen LogP contribution in [-0.2, 0) is 4.79 Å². The SMILES string of the molecule is Cc1cccc(/C=C/C(=O)NCCCNC(=O)c2cccnc2)c1. The number of carbonyl (C=O) groups excluding carboxylic acids is 2. The third-order valence-electron chi connectivity index (χ3n) is 3.33. The number of nitrogens with zero attached hydrogens (tertiary/aromatic N) is 1. The van der Waals surface area contributed by atoms with Gasteiger partial charge in [-0.25, -0.2) is 0 Å². The lowest BCUT2D eigenvalue weighted by Gasteiger charge is -2.05. The van der Waals surface area contributed by atoms with Crippen molar-refractivity contribution in [2.24, 2.45) is 0 Å². The average Bonchev–Trinajstić information content (AvgIpc) is 2.60. The molecule has 2 N–H and O–H groups in total. The second kappa shape index (κ2) is 9.25. The van der Waals surface area contributed by atoms with Crippen molar-refractivity contribution in [3.8, 4) is 0 Å². The smallest absolute Gasteiger partial charge is 0.252 e. The zero-order chi connectivity index (χ0) is 17.2. The maximum Gasteiger partial charge on any atom is 0.252 e. The number of aryl methyl sites for hydroxylation is 1. The van der Waals surface area contributed by atoms with Gasteiger partial charge in [0, 0.05) is 31.6 Å². The molecule has 0 saturated heterocycles. The Morgan fingerprint density at radius 2 is 1.96 bits per heavy atom. The molecule has 0 unspecified atom stereocenters. The van der Waals surface area contributed by atoms with Crippen LogP contribution in [0.15, 0.2) is 54.9 Å². The van der Waals surface area contributed by atoms with Crippen molar-refractivity contribution in [3.05, 3.63) is 71.6 Å². The minimum atomic E-state index is -0.159. The molecule has 2 aromatic rings. The van der Waals surface area contributed by atoms with Gasteiger partial charge in [-0.1, -0.05) is 29.8 Å². The van der Waals surface area contributed by atoms with E-state index in [9.17, 15) is 9.59 Å². The number of benzene rings is 1. The van der Waals surface area contributed by atoms with Crippen LogP contribution in [0.4, 0.5) is 0 Å². The van der Waals surface area contributed by atoms with Crippen molar-refractivity contribution in [1.29, 1.82) is 0 Å². The lowest BCUT2D eigenvalue weighted by molar-refractivity contribution is -0.116. The fourth-order valence-corrected chi connectivity index (χ4v) is 2.11. The van der Waals surface area contributed by atoms with Crippen LogP contribution >= 0.6 is 0 Å². The molecule has 5 heteroatoms. The van der Waals surface area contributed by atoms with Gasteiger partial charge in [-0.3, -0.25) is 14.6 Å². The molecule has 0 aliphatic rings. The molecule has 0 spiro atoms. The van der Waals surface area contributed by atoms with Crippen LogP contribution < -0.4 is 10.6 Å². The molecule has 24 heavy (non-hydrogen) atoms. The quantitative estimate of drug-likeness (QED) is 0.607. The van der Waals surface area contributed by atoms with Gasteiger partial charge in [0.1, 0.15) is 0 Å². The highest BCUT2D eigenvalue weighted by Crippen LogP contribution is 2.05. The summed E-state index contributed by atoms with van der Waals surface area (Å²) >= 11 is 0. The first-order valence-corrected chi connectivity index (χ1v) is 7.86.